The van der Waals surface area contributed by atoms with Gasteiger partial charge in [-0.2, -0.15) is 0 Å². The maximum absolute atomic E-state index is 13.0. The number of morpholine rings is 1. The highest BCUT2D eigenvalue weighted by atomic mass is 16.5. The Morgan fingerprint density at radius 1 is 1.39 bits per heavy atom. The first-order valence-electron chi connectivity index (χ1n) is 8.14. The number of nitrogens with zero attached hydrogens (tertiary/aromatic N) is 3. The van der Waals surface area contributed by atoms with E-state index < -0.39 is 0 Å². The highest BCUT2D eigenvalue weighted by Crippen LogP contribution is 2.31. The molecule has 0 aromatic carbocycles. The van der Waals surface area contributed by atoms with Crippen LogP contribution in [0.4, 0.5) is 0 Å². The molecule has 1 saturated carbocycles. The van der Waals surface area contributed by atoms with E-state index >= 15 is 0 Å². The van der Waals surface area contributed by atoms with Crippen LogP contribution in [0.15, 0.2) is 30.7 Å². The van der Waals surface area contributed by atoms with Gasteiger partial charge in [-0.05, 0) is 31.4 Å². The fourth-order valence-corrected chi connectivity index (χ4v) is 3.75. The average Bonchev–Trinajstić information content (AvgIpc) is 3.07. The number of hydrogen-bond donors (Lipinski definition) is 0. The van der Waals surface area contributed by atoms with E-state index in [-0.39, 0.29) is 24.2 Å². The Kier molecular flexibility index (Phi) is 3.79. The normalized spacial score (nSPS) is 27.9. The Morgan fingerprint density at radius 3 is 3.17 bits per heavy atom. The van der Waals surface area contributed by atoms with Gasteiger partial charge in [0.1, 0.15) is 5.65 Å². The summed E-state index contributed by atoms with van der Waals surface area (Å²) in [5.74, 6) is 0.0607. The average molecular weight is 315 g/mol. The number of hydrogen-bond acceptors (Lipinski definition) is 4. The van der Waals surface area contributed by atoms with Crippen molar-refractivity contribution in [3.63, 3.8) is 0 Å². The Hall–Kier alpha value is -1.92. The summed E-state index contributed by atoms with van der Waals surface area (Å²) in [6, 6.07) is 3.81. The SMILES string of the molecule is CO[C@@H]1CC[C@@H]2OCCN(C(=O)c3ccn4ccnc4c3)[C@H]2C1. The van der Waals surface area contributed by atoms with Crippen LogP contribution < -0.4 is 0 Å². The summed E-state index contributed by atoms with van der Waals surface area (Å²) in [6.07, 6.45) is 8.63. The molecule has 23 heavy (non-hydrogen) atoms. The molecule has 0 N–H and O–H groups in total. The summed E-state index contributed by atoms with van der Waals surface area (Å²) >= 11 is 0. The number of aromatic nitrogens is 2. The van der Waals surface area contributed by atoms with Gasteiger partial charge in [-0.1, -0.05) is 0 Å². The van der Waals surface area contributed by atoms with Crippen molar-refractivity contribution in [2.24, 2.45) is 0 Å². The minimum Gasteiger partial charge on any atom is -0.381 e. The Balaban J connectivity index is 1.60. The van der Waals surface area contributed by atoms with Gasteiger partial charge in [-0.15, -0.1) is 0 Å². The van der Waals surface area contributed by atoms with Crippen LogP contribution >= 0.6 is 0 Å². The Labute approximate surface area is 135 Å². The van der Waals surface area contributed by atoms with E-state index in [1.54, 1.807) is 13.3 Å². The highest BCUT2D eigenvalue weighted by molar-refractivity contribution is 5.95. The van der Waals surface area contributed by atoms with Gasteiger partial charge in [0.2, 0.25) is 0 Å². The minimum atomic E-state index is 0.0607. The molecule has 6 heteroatoms. The van der Waals surface area contributed by atoms with Crippen molar-refractivity contribution in [3.8, 4) is 0 Å². The van der Waals surface area contributed by atoms with Gasteiger partial charge in [-0.25, -0.2) is 4.98 Å². The number of ether oxygens (including phenoxy) is 2. The molecule has 1 saturated heterocycles. The summed E-state index contributed by atoms with van der Waals surface area (Å²) in [5.41, 5.74) is 1.47. The standard InChI is InChI=1S/C17H21N3O3/c1-22-13-2-3-15-14(11-13)20(8-9-23-15)17(21)12-4-6-19-7-5-18-16(19)10-12/h4-7,10,13-15H,2-3,8-9,11H2,1H3/t13-,14+,15+/m1/s1. The molecule has 0 unspecified atom stereocenters. The van der Waals surface area contributed by atoms with Crippen LogP contribution in [0.1, 0.15) is 29.6 Å². The molecule has 1 aliphatic carbocycles. The predicted octanol–water partition coefficient (Wildman–Crippen LogP) is 1.74. The van der Waals surface area contributed by atoms with Crippen molar-refractivity contribution >= 4 is 11.6 Å². The predicted molar refractivity (Wildman–Crippen MR) is 84.4 cm³/mol. The van der Waals surface area contributed by atoms with Crippen molar-refractivity contribution in [3.05, 3.63) is 36.3 Å². The maximum atomic E-state index is 13.0. The van der Waals surface area contributed by atoms with Gasteiger partial charge in [0, 0.05) is 37.8 Å². The fourth-order valence-electron chi connectivity index (χ4n) is 3.75. The molecule has 4 rings (SSSR count). The lowest BCUT2D eigenvalue weighted by atomic mass is 9.87. The molecule has 1 amide bonds. The maximum Gasteiger partial charge on any atom is 0.254 e. The van der Waals surface area contributed by atoms with E-state index in [1.165, 1.54) is 0 Å². The third kappa shape index (κ3) is 2.62. The lowest BCUT2D eigenvalue weighted by Gasteiger charge is -2.45. The Morgan fingerprint density at radius 2 is 2.30 bits per heavy atom. The second-order valence-corrected chi connectivity index (χ2v) is 6.25. The Bertz CT molecular complexity index is 714. The molecule has 0 radical (unpaired) electrons. The number of carbonyl (C=O) groups excluding carboxylic acids is 1. The summed E-state index contributed by atoms with van der Waals surface area (Å²) in [7, 11) is 1.74. The zero-order chi connectivity index (χ0) is 15.8. The van der Waals surface area contributed by atoms with E-state index in [0.717, 1.165) is 24.9 Å². The molecule has 1 aliphatic heterocycles. The van der Waals surface area contributed by atoms with Crippen LogP contribution in [-0.4, -0.2) is 58.7 Å². The zero-order valence-electron chi connectivity index (χ0n) is 13.2. The smallest absolute Gasteiger partial charge is 0.254 e. The molecular weight excluding hydrogens is 294 g/mol. The van der Waals surface area contributed by atoms with Crippen molar-refractivity contribution in [2.45, 2.75) is 37.5 Å². The minimum absolute atomic E-state index is 0.0607. The van der Waals surface area contributed by atoms with Crippen LogP contribution in [0.2, 0.25) is 0 Å². The topological polar surface area (TPSA) is 56.1 Å². The van der Waals surface area contributed by atoms with E-state index in [9.17, 15) is 4.79 Å². The number of methoxy groups -OCH3 is 1. The fraction of sp³-hybridized carbons (Fsp3) is 0.529. The van der Waals surface area contributed by atoms with Crippen molar-refractivity contribution in [1.82, 2.24) is 14.3 Å². The van der Waals surface area contributed by atoms with Crippen LogP contribution in [0.25, 0.3) is 5.65 Å². The number of imidazole rings is 1. The van der Waals surface area contributed by atoms with Gasteiger partial charge in [0.05, 0.1) is 24.9 Å². The quantitative estimate of drug-likeness (QED) is 0.847. The molecule has 0 spiro atoms. The number of rotatable bonds is 2. The van der Waals surface area contributed by atoms with E-state index in [2.05, 4.69) is 4.98 Å². The van der Waals surface area contributed by atoms with Crippen molar-refractivity contribution in [1.29, 1.82) is 0 Å². The van der Waals surface area contributed by atoms with Crippen LogP contribution in [-0.2, 0) is 9.47 Å². The molecule has 3 atom stereocenters. The molecule has 3 heterocycles. The molecule has 122 valence electrons. The first kappa shape index (κ1) is 14.7. The summed E-state index contributed by atoms with van der Waals surface area (Å²) in [5, 5.41) is 0. The van der Waals surface area contributed by atoms with E-state index in [0.29, 0.717) is 18.7 Å². The van der Waals surface area contributed by atoms with Crippen LogP contribution in [0.3, 0.4) is 0 Å². The van der Waals surface area contributed by atoms with Crippen LogP contribution in [0, 0.1) is 0 Å². The third-order valence-electron chi connectivity index (χ3n) is 5.01. The summed E-state index contributed by atoms with van der Waals surface area (Å²) in [4.78, 5) is 19.2. The number of fused-ring (bicyclic) bond motifs is 2. The third-order valence-corrected chi connectivity index (χ3v) is 5.01. The molecule has 6 nitrogen and oxygen atoms in total. The van der Waals surface area contributed by atoms with Gasteiger partial charge in [0.15, 0.2) is 0 Å². The van der Waals surface area contributed by atoms with E-state index in [1.807, 2.05) is 33.8 Å². The second kappa shape index (κ2) is 5.94. The first-order valence-corrected chi connectivity index (χ1v) is 8.14. The molecular formula is C17H21N3O3. The summed E-state index contributed by atoms with van der Waals surface area (Å²) in [6.45, 7) is 1.24. The number of pyridine rings is 1. The second-order valence-electron chi connectivity index (χ2n) is 6.25. The monoisotopic (exact) mass is 315 g/mol. The molecule has 2 fully saturated rings. The summed E-state index contributed by atoms with van der Waals surface area (Å²) < 4.78 is 13.3. The number of carbonyl (C=O) groups is 1. The van der Waals surface area contributed by atoms with Gasteiger partial charge in [0.25, 0.3) is 5.91 Å². The van der Waals surface area contributed by atoms with Crippen molar-refractivity contribution < 1.29 is 14.3 Å². The molecule has 0 bridgehead atoms. The lowest BCUT2D eigenvalue weighted by Crippen LogP contribution is -2.56. The molecule has 2 aromatic heterocycles. The largest absolute Gasteiger partial charge is 0.381 e. The van der Waals surface area contributed by atoms with Crippen molar-refractivity contribution in [2.75, 3.05) is 20.3 Å². The van der Waals surface area contributed by atoms with Gasteiger partial charge < -0.3 is 18.8 Å². The lowest BCUT2D eigenvalue weighted by molar-refractivity contribution is -0.101. The first-order chi connectivity index (χ1) is 11.3. The van der Waals surface area contributed by atoms with E-state index in [4.69, 9.17) is 9.47 Å². The van der Waals surface area contributed by atoms with Crippen LogP contribution in [0.5, 0.6) is 0 Å². The zero-order valence-corrected chi connectivity index (χ0v) is 13.2. The number of amides is 1. The molecule has 2 aliphatic rings. The molecule has 2 aromatic rings. The van der Waals surface area contributed by atoms with Gasteiger partial charge in [-0.3, -0.25) is 4.79 Å². The highest BCUT2D eigenvalue weighted by Gasteiger charge is 2.40. The van der Waals surface area contributed by atoms with Gasteiger partial charge >= 0.3 is 0 Å².